The Kier molecular flexibility index (Phi) is 9.13. The summed E-state index contributed by atoms with van der Waals surface area (Å²) in [6.07, 6.45) is 5.15. The highest BCUT2D eigenvalue weighted by molar-refractivity contribution is 7.92. The van der Waals surface area contributed by atoms with E-state index in [9.17, 15) is 22.4 Å². The molecule has 35 heavy (non-hydrogen) atoms. The van der Waals surface area contributed by atoms with Crippen LogP contribution in [0.5, 0.6) is 0 Å². The van der Waals surface area contributed by atoms with Gasteiger partial charge in [0.05, 0.1) is 11.9 Å². The molecule has 10 heteroatoms. The molecule has 3 rings (SSSR count). The molecule has 2 aromatic rings. The first kappa shape index (κ1) is 26.9. The summed E-state index contributed by atoms with van der Waals surface area (Å²) in [6, 6.07) is 11.3. The minimum absolute atomic E-state index is 0.0237. The Morgan fingerprint density at radius 1 is 1.14 bits per heavy atom. The summed E-state index contributed by atoms with van der Waals surface area (Å²) in [7, 11) is -3.92. The van der Waals surface area contributed by atoms with E-state index in [2.05, 4.69) is 5.32 Å². The van der Waals surface area contributed by atoms with Gasteiger partial charge in [-0.1, -0.05) is 55.6 Å². The largest absolute Gasteiger partial charge is 0.352 e. The summed E-state index contributed by atoms with van der Waals surface area (Å²) < 4.78 is 39.8. The number of hydrogen-bond acceptors (Lipinski definition) is 4. The summed E-state index contributed by atoms with van der Waals surface area (Å²) in [5, 5.41) is 3.47. The fourth-order valence-corrected chi connectivity index (χ4v) is 5.38. The molecule has 2 aromatic carbocycles. The van der Waals surface area contributed by atoms with Gasteiger partial charge in [-0.3, -0.25) is 13.9 Å². The Labute approximate surface area is 211 Å². The van der Waals surface area contributed by atoms with Gasteiger partial charge in [-0.2, -0.15) is 0 Å². The lowest BCUT2D eigenvalue weighted by Gasteiger charge is -2.33. The Balaban J connectivity index is 1.93. The van der Waals surface area contributed by atoms with Crippen molar-refractivity contribution in [3.63, 3.8) is 0 Å². The molecule has 1 atom stereocenters. The molecule has 1 N–H and O–H groups in total. The second-order valence-corrected chi connectivity index (χ2v) is 11.1. The van der Waals surface area contributed by atoms with Crippen LogP contribution in [-0.2, 0) is 26.2 Å². The minimum atomic E-state index is -3.92. The van der Waals surface area contributed by atoms with E-state index in [4.69, 9.17) is 11.6 Å². The fraction of sp³-hybridized carbons (Fsp3) is 0.440. The van der Waals surface area contributed by atoms with Crippen LogP contribution in [0.3, 0.4) is 0 Å². The molecule has 0 radical (unpaired) electrons. The number of halogens is 2. The van der Waals surface area contributed by atoms with E-state index < -0.39 is 34.3 Å². The number of rotatable bonds is 10. The molecule has 1 fully saturated rings. The standard InChI is InChI=1S/C25H31ClFN3O4S/c1-3-23(25(32)28-20-11-5-6-12-20)29(16-18-9-4-7-14-22(18)26)24(31)17-30(35(2,33)34)21-13-8-10-19(27)15-21/h4,7-10,13-15,20,23H,3,5-6,11-12,16-17H2,1-2H3,(H,28,32)/t23-/m1/s1. The maximum Gasteiger partial charge on any atom is 0.244 e. The van der Waals surface area contributed by atoms with Crippen molar-refractivity contribution in [2.45, 2.75) is 57.7 Å². The van der Waals surface area contributed by atoms with Crippen molar-refractivity contribution in [2.75, 3.05) is 17.1 Å². The van der Waals surface area contributed by atoms with Crippen LogP contribution in [-0.4, -0.2) is 50.0 Å². The van der Waals surface area contributed by atoms with E-state index in [-0.39, 0.29) is 24.2 Å². The molecule has 190 valence electrons. The third-order valence-electron chi connectivity index (χ3n) is 6.16. The first-order valence-corrected chi connectivity index (χ1v) is 13.9. The van der Waals surface area contributed by atoms with Crippen LogP contribution in [0, 0.1) is 5.82 Å². The third kappa shape index (κ3) is 7.18. The molecular formula is C25H31ClFN3O4S. The van der Waals surface area contributed by atoms with Gasteiger partial charge in [0, 0.05) is 17.6 Å². The van der Waals surface area contributed by atoms with Crippen molar-refractivity contribution in [3.8, 4) is 0 Å². The molecule has 1 aliphatic rings. The highest BCUT2D eigenvalue weighted by Gasteiger charge is 2.33. The molecule has 1 saturated carbocycles. The van der Waals surface area contributed by atoms with Gasteiger partial charge >= 0.3 is 0 Å². The maximum absolute atomic E-state index is 13.8. The fourth-order valence-electron chi connectivity index (χ4n) is 4.34. The molecular weight excluding hydrogens is 493 g/mol. The van der Waals surface area contributed by atoms with Crippen molar-refractivity contribution in [1.82, 2.24) is 10.2 Å². The molecule has 0 unspecified atom stereocenters. The SMILES string of the molecule is CC[C@H](C(=O)NC1CCCC1)N(Cc1ccccc1Cl)C(=O)CN(c1cccc(F)c1)S(C)(=O)=O. The van der Waals surface area contributed by atoms with Crippen LogP contribution in [0.4, 0.5) is 10.1 Å². The monoisotopic (exact) mass is 523 g/mol. The van der Waals surface area contributed by atoms with Crippen LogP contribution in [0.15, 0.2) is 48.5 Å². The predicted octanol–water partition coefficient (Wildman–Crippen LogP) is 4.11. The zero-order valence-corrected chi connectivity index (χ0v) is 21.5. The Morgan fingerprint density at radius 2 is 1.83 bits per heavy atom. The second-order valence-electron chi connectivity index (χ2n) is 8.78. The normalized spacial score (nSPS) is 15.0. The van der Waals surface area contributed by atoms with Gasteiger partial charge in [-0.15, -0.1) is 0 Å². The van der Waals surface area contributed by atoms with Gasteiger partial charge in [0.15, 0.2) is 0 Å². The zero-order valence-electron chi connectivity index (χ0n) is 19.9. The Morgan fingerprint density at radius 3 is 2.43 bits per heavy atom. The van der Waals surface area contributed by atoms with Crippen LogP contribution < -0.4 is 9.62 Å². The van der Waals surface area contributed by atoms with E-state index in [1.165, 1.54) is 23.1 Å². The quantitative estimate of drug-likeness (QED) is 0.507. The number of carbonyl (C=O) groups excluding carboxylic acids is 2. The molecule has 0 aromatic heterocycles. The number of benzene rings is 2. The number of carbonyl (C=O) groups is 2. The molecule has 2 amide bonds. The number of nitrogens with one attached hydrogen (secondary N) is 1. The van der Waals surface area contributed by atoms with Crippen molar-refractivity contribution >= 4 is 39.1 Å². The highest BCUT2D eigenvalue weighted by atomic mass is 35.5. The van der Waals surface area contributed by atoms with Gasteiger partial charge in [-0.05, 0) is 49.1 Å². The average molecular weight is 524 g/mol. The average Bonchev–Trinajstić information content (AvgIpc) is 3.30. The van der Waals surface area contributed by atoms with Gasteiger partial charge in [0.25, 0.3) is 0 Å². The zero-order chi connectivity index (χ0) is 25.6. The van der Waals surface area contributed by atoms with Crippen molar-refractivity contribution < 1.29 is 22.4 Å². The van der Waals surface area contributed by atoms with Crippen molar-refractivity contribution in [1.29, 1.82) is 0 Å². The van der Waals surface area contributed by atoms with Crippen molar-refractivity contribution in [3.05, 3.63) is 64.9 Å². The topological polar surface area (TPSA) is 86.8 Å². The first-order chi connectivity index (χ1) is 16.6. The van der Waals surface area contributed by atoms with Gasteiger partial charge < -0.3 is 10.2 Å². The smallest absolute Gasteiger partial charge is 0.244 e. The van der Waals surface area contributed by atoms with Gasteiger partial charge in [0.2, 0.25) is 21.8 Å². The molecule has 7 nitrogen and oxygen atoms in total. The summed E-state index contributed by atoms with van der Waals surface area (Å²) in [4.78, 5) is 28.2. The van der Waals surface area contributed by atoms with Crippen LogP contribution in [0.25, 0.3) is 0 Å². The molecule has 0 spiro atoms. The predicted molar refractivity (Wildman–Crippen MR) is 135 cm³/mol. The lowest BCUT2D eigenvalue weighted by molar-refractivity contribution is -0.140. The summed E-state index contributed by atoms with van der Waals surface area (Å²) in [6.45, 7) is 1.24. The summed E-state index contributed by atoms with van der Waals surface area (Å²) >= 11 is 6.34. The number of anilines is 1. The molecule has 0 aliphatic heterocycles. The lowest BCUT2D eigenvalue weighted by atomic mass is 10.1. The minimum Gasteiger partial charge on any atom is -0.352 e. The second kappa shape index (κ2) is 11.9. The number of hydrogen-bond donors (Lipinski definition) is 1. The highest BCUT2D eigenvalue weighted by Crippen LogP contribution is 2.23. The molecule has 1 aliphatic carbocycles. The molecule has 0 bridgehead atoms. The van der Waals surface area contributed by atoms with Crippen LogP contribution >= 0.6 is 11.6 Å². The van der Waals surface area contributed by atoms with Gasteiger partial charge in [-0.25, -0.2) is 12.8 Å². The van der Waals surface area contributed by atoms with Crippen LogP contribution in [0.2, 0.25) is 5.02 Å². The summed E-state index contributed by atoms with van der Waals surface area (Å²) in [5.41, 5.74) is 0.660. The first-order valence-electron chi connectivity index (χ1n) is 11.7. The lowest BCUT2D eigenvalue weighted by Crippen LogP contribution is -2.53. The summed E-state index contributed by atoms with van der Waals surface area (Å²) in [5.74, 6) is -1.50. The number of amides is 2. The molecule has 0 saturated heterocycles. The maximum atomic E-state index is 13.8. The van der Waals surface area contributed by atoms with E-state index >= 15 is 0 Å². The van der Waals surface area contributed by atoms with Crippen LogP contribution in [0.1, 0.15) is 44.6 Å². The van der Waals surface area contributed by atoms with Crippen molar-refractivity contribution in [2.24, 2.45) is 0 Å². The molecule has 0 heterocycles. The van der Waals surface area contributed by atoms with E-state index in [1.54, 1.807) is 31.2 Å². The Bertz CT molecular complexity index is 1150. The van der Waals surface area contributed by atoms with E-state index in [0.717, 1.165) is 42.3 Å². The number of nitrogens with zero attached hydrogens (tertiary/aromatic N) is 2. The Hall–Kier alpha value is -2.65. The van der Waals surface area contributed by atoms with Gasteiger partial charge in [0.1, 0.15) is 18.4 Å². The third-order valence-corrected chi connectivity index (χ3v) is 7.67. The number of sulfonamides is 1. The van der Waals surface area contributed by atoms with E-state index in [1.807, 2.05) is 0 Å². The van der Waals surface area contributed by atoms with E-state index in [0.29, 0.717) is 17.0 Å².